The van der Waals surface area contributed by atoms with Crippen molar-refractivity contribution < 1.29 is 0 Å². The minimum atomic E-state index is 0.619. The first kappa shape index (κ1) is 9.45. The van der Waals surface area contributed by atoms with Gasteiger partial charge in [-0.05, 0) is 30.7 Å². The maximum absolute atomic E-state index is 4.48. The quantitative estimate of drug-likeness (QED) is 0.814. The number of hydrogen-bond donors (Lipinski definition) is 1. The number of rotatable bonds is 1. The van der Waals surface area contributed by atoms with E-state index < -0.39 is 0 Å². The lowest BCUT2D eigenvalue weighted by molar-refractivity contribution is 0.165. The SMILES string of the molecule is c1nc(N2CCC3(CCC3)C2)c2cc[nH]c2n1. The smallest absolute Gasteiger partial charge is 0.142 e. The van der Waals surface area contributed by atoms with Crippen molar-refractivity contribution in [1.82, 2.24) is 15.0 Å². The summed E-state index contributed by atoms with van der Waals surface area (Å²) >= 11 is 0. The van der Waals surface area contributed by atoms with E-state index in [4.69, 9.17) is 0 Å². The molecule has 0 unspecified atom stereocenters. The van der Waals surface area contributed by atoms with Crippen LogP contribution >= 0.6 is 0 Å². The number of hydrogen-bond acceptors (Lipinski definition) is 3. The maximum Gasteiger partial charge on any atom is 0.142 e. The van der Waals surface area contributed by atoms with Crippen LogP contribution in [0.4, 0.5) is 5.82 Å². The Bertz CT molecular complexity index is 555. The third kappa shape index (κ3) is 1.30. The molecule has 0 atom stereocenters. The molecule has 1 spiro atoms. The number of fused-ring (bicyclic) bond motifs is 1. The molecule has 0 amide bonds. The zero-order chi connectivity index (χ0) is 11.3. The highest BCUT2D eigenvalue weighted by Gasteiger charge is 2.43. The Morgan fingerprint density at radius 1 is 1.24 bits per heavy atom. The van der Waals surface area contributed by atoms with Gasteiger partial charge in [-0.1, -0.05) is 6.42 Å². The van der Waals surface area contributed by atoms with Crippen LogP contribution in [0.15, 0.2) is 18.6 Å². The number of nitrogens with one attached hydrogen (secondary N) is 1. The van der Waals surface area contributed by atoms with Crippen LogP contribution in [-0.2, 0) is 0 Å². The van der Waals surface area contributed by atoms with Gasteiger partial charge in [0, 0.05) is 19.3 Å². The van der Waals surface area contributed by atoms with Crippen molar-refractivity contribution in [2.45, 2.75) is 25.7 Å². The summed E-state index contributed by atoms with van der Waals surface area (Å²) < 4.78 is 0. The number of aromatic nitrogens is 3. The van der Waals surface area contributed by atoms with Gasteiger partial charge in [0.05, 0.1) is 5.39 Å². The van der Waals surface area contributed by atoms with E-state index in [-0.39, 0.29) is 0 Å². The lowest BCUT2D eigenvalue weighted by atomic mass is 9.68. The van der Waals surface area contributed by atoms with E-state index in [0.717, 1.165) is 23.4 Å². The van der Waals surface area contributed by atoms with Crippen LogP contribution in [0.25, 0.3) is 11.0 Å². The van der Waals surface area contributed by atoms with E-state index in [9.17, 15) is 0 Å². The van der Waals surface area contributed by atoms with Gasteiger partial charge in [-0.2, -0.15) is 0 Å². The Morgan fingerprint density at radius 3 is 2.94 bits per heavy atom. The lowest BCUT2D eigenvalue weighted by Crippen LogP contribution is -2.33. The largest absolute Gasteiger partial charge is 0.355 e. The minimum absolute atomic E-state index is 0.619. The average molecular weight is 228 g/mol. The molecular formula is C13H16N4. The average Bonchev–Trinajstić information content (AvgIpc) is 2.94. The first-order valence-corrected chi connectivity index (χ1v) is 6.39. The molecule has 0 bridgehead atoms. The van der Waals surface area contributed by atoms with E-state index >= 15 is 0 Å². The number of nitrogens with zero attached hydrogens (tertiary/aromatic N) is 3. The summed E-state index contributed by atoms with van der Waals surface area (Å²) in [6, 6.07) is 2.08. The molecule has 1 saturated heterocycles. The third-order valence-corrected chi connectivity index (χ3v) is 4.48. The molecule has 1 aliphatic heterocycles. The van der Waals surface area contributed by atoms with Gasteiger partial charge in [0.1, 0.15) is 17.8 Å². The zero-order valence-corrected chi connectivity index (χ0v) is 9.82. The molecule has 17 heavy (non-hydrogen) atoms. The number of aromatic amines is 1. The van der Waals surface area contributed by atoms with Crippen LogP contribution in [0.2, 0.25) is 0 Å². The monoisotopic (exact) mass is 228 g/mol. The van der Waals surface area contributed by atoms with Crippen LogP contribution in [0, 0.1) is 5.41 Å². The second-order valence-corrected chi connectivity index (χ2v) is 5.46. The van der Waals surface area contributed by atoms with Gasteiger partial charge in [-0.3, -0.25) is 0 Å². The first-order valence-electron chi connectivity index (χ1n) is 6.39. The van der Waals surface area contributed by atoms with Gasteiger partial charge in [0.15, 0.2) is 0 Å². The highest BCUT2D eigenvalue weighted by atomic mass is 15.2. The molecule has 2 aliphatic rings. The molecular weight excluding hydrogens is 212 g/mol. The van der Waals surface area contributed by atoms with Crippen LogP contribution < -0.4 is 4.90 Å². The number of anilines is 1. The summed E-state index contributed by atoms with van der Waals surface area (Å²) in [5.41, 5.74) is 1.57. The van der Waals surface area contributed by atoms with Crippen molar-refractivity contribution in [1.29, 1.82) is 0 Å². The minimum Gasteiger partial charge on any atom is -0.355 e. The van der Waals surface area contributed by atoms with Gasteiger partial charge >= 0.3 is 0 Å². The normalized spacial score (nSPS) is 22.2. The fraction of sp³-hybridized carbons (Fsp3) is 0.538. The Morgan fingerprint density at radius 2 is 2.18 bits per heavy atom. The molecule has 2 aromatic heterocycles. The maximum atomic E-state index is 4.48. The lowest BCUT2D eigenvalue weighted by Gasteiger charge is -2.38. The summed E-state index contributed by atoms with van der Waals surface area (Å²) in [6.45, 7) is 2.33. The summed E-state index contributed by atoms with van der Waals surface area (Å²) in [5.74, 6) is 1.11. The second-order valence-electron chi connectivity index (χ2n) is 5.46. The van der Waals surface area contributed by atoms with Crippen molar-refractivity contribution in [2.75, 3.05) is 18.0 Å². The Kier molecular flexibility index (Phi) is 1.79. The van der Waals surface area contributed by atoms with Crippen molar-refractivity contribution in [3.63, 3.8) is 0 Å². The summed E-state index contributed by atoms with van der Waals surface area (Å²) in [5, 5.41) is 1.16. The molecule has 4 rings (SSSR count). The van der Waals surface area contributed by atoms with Gasteiger partial charge in [0.25, 0.3) is 0 Å². The highest BCUT2D eigenvalue weighted by molar-refractivity contribution is 5.87. The standard InChI is InChI=1S/C13H16N4/c1-3-13(4-1)5-7-17(8-13)12-10-2-6-14-11(10)15-9-16-12/h2,6,9H,1,3-5,7-8H2,(H,14,15,16). The van der Waals surface area contributed by atoms with E-state index in [1.807, 2.05) is 6.20 Å². The van der Waals surface area contributed by atoms with Gasteiger partial charge in [0.2, 0.25) is 0 Å². The fourth-order valence-corrected chi connectivity index (χ4v) is 3.31. The molecule has 4 heteroatoms. The van der Waals surface area contributed by atoms with Crippen LogP contribution in [0.5, 0.6) is 0 Å². The Balaban J connectivity index is 1.72. The predicted octanol–water partition coefficient (Wildman–Crippen LogP) is 2.34. The molecule has 1 N–H and O–H groups in total. The molecule has 1 aliphatic carbocycles. The molecule has 0 aromatic carbocycles. The molecule has 4 nitrogen and oxygen atoms in total. The number of H-pyrrole nitrogens is 1. The molecule has 2 aromatic rings. The second kappa shape index (κ2) is 3.22. The van der Waals surface area contributed by atoms with E-state index in [1.54, 1.807) is 6.33 Å². The highest BCUT2D eigenvalue weighted by Crippen LogP contribution is 2.49. The van der Waals surface area contributed by atoms with Crippen LogP contribution in [0.3, 0.4) is 0 Å². The topological polar surface area (TPSA) is 44.8 Å². The summed E-state index contributed by atoms with van der Waals surface area (Å²) in [4.78, 5) is 14.3. The van der Waals surface area contributed by atoms with E-state index in [1.165, 1.54) is 32.2 Å². The van der Waals surface area contributed by atoms with E-state index in [0.29, 0.717) is 5.41 Å². The van der Waals surface area contributed by atoms with Crippen molar-refractivity contribution in [2.24, 2.45) is 5.41 Å². The van der Waals surface area contributed by atoms with Crippen molar-refractivity contribution >= 4 is 16.9 Å². The molecule has 1 saturated carbocycles. The Hall–Kier alpha value is -1.58. The predicted molar refractivity (Wildman–Crippen MR) is 67.0 cm³/mol. The third-order valence-electron chi connectivity index (χ3n) is 4.48. The van der Waals surface area contributed by atoms with E-state index in [2.05, 4.69) is 25.9 Å². The molecule has 3 heterocycles. The van der Waals surface area contributed by atoms with Crippen LogP contribution in [-0.4, -0.2) is 28.0 Å². The molecule has 2 fully saturated rings. The summed E-state index contributed by atoms with van der Waals surface area (Å²) in [7, 11) is 0. The Labute approximate surface area is 100 Å². The van der Waals surface area contributed by atoms with Gasteiger partial charge < -0.3 is 9.88 Å². The fourth-order valence-electron chi connectivity index (χ4n) is 3.31. The molecule has 88 valence electrons. The zero-order valence-electron chi connectivity index (χ0n) is 9.82. The van der Waals surface area contributed by atoms with Crippen molar-refractivity contribution in [3.8, 4) is 0 Å². The summed E-state index contributed by atoms with van der Waals surface area (Å²) in [6.07, 6.45) is 9.17. The van der Waals surface area contributed by atoms with Crippen molar-refractivity contribution in [3.05, 3.63) is 18.6 Å². The molecule has 0 radical (unpaired) electrons. The van der Waals surface area contributed by atoms with Crippen LogP contribution in [0.1, 0.15) is 25.7 Å². The first-order chi connectivity index (χ1) is 8.36. The van der Waals surface area contributed by atoms with Gasteiger partial charge in [-0.15, -0.1) is 0 Å². The van der Waals surface area contributed by atoms with Gasteiger partial charge in [-0.25, -0.2) is 9.97 Å².